The van der Waals surface area contributed by atoms with E-state index in [0.29, 0.717) is 10.6 Å². The van der Waals surface area contributed by atoms with Gasteiger partial charge in [0.05, 0.1) is 4.90 Å². The highest BCUT2D eigenvalue weighted by Crippen LogP contribution is 2.25. The maximum absolute atomic E-state index is 13.2. The van der Waals surface area contributed by atoms with Crippen LogP contribution in [0.4, 0.5) is 0 Å². The predicted molar refractivity (Wildman–Crippen MR) is 130 cm³/mol. The molecule has 2 aromatic heterocycles. The van der Waals surface area contributed by atoms with Crippen LogP contribution in [0.1, 0.15) is 10.6 Å². The summed E-state index contributed by atoms with van der Waals surface area (Å²) in [6, 6.07) is 13.4. The van der Waals surface area contributed by atoms with Crippen LogP contribution in [0.15, 0.2) is 70.6 Å². The third kappa shape index (κ3) is 4.53. The van der Waals surface area contributed by atoms with Crippen LogP contribution < -0.4 is 5.56 Å². The Morgan fingerprint density at radius 1 is 0.914 bits per heavy atom. The van der Waals surface area contributed by atoms with E-state index in [1.165, 1.54) is 21.6 Å². The van der Waals surface area contributed by atoms with Crippen molar-refractivity contribution in [3.05, 3.63) is 82.1 Å². The van der Waals surface area contributed by atoms with Crippen LogP contribution in [0, 0.1) is 0 Å². The second-order valence-electron chi connectivity index (χ2n) is 7.94. The standard InChI is InChI=1S/C23H19ClN6O4S/c24-18-3-1-17-14-19(4-2-16(17)13-18)35(33,34)30-11-9-29(10-12-30)23(32)21-26-22(31)20(27-28-21)15-5-7-25-8-6-15/h1-8,13-14H,9-12H2,(H,26,28,31). The minimum absolute atomic E-state index is 0.0810. The number of nitrogens with one attached hydrogen (secondary N) is 1. The molecule has 10 nitrogen and oxygen atoms in total. The molecule has 2 aromatic carbocycles. The lowest BCUT2D eigenvalue weighted by Gasteiger charge is -2.33. The van der Waals surface area contributed by atoms with Gasteiger partial charge in [0.2, 0.25) is 15.8 Å². The Morgan fingerprint density at radius 2 is 1.60 bits per heavy atom. The van der Waals surface area contributed by atoms with Gasteiger partial charge in [-0.25, -0.2) is 8.42 Å². The van der Waals surface area contributed by atoms with Crippen molar-refractivity contribution in [2.75, 3.05) is 26.2 Å². The fourth-order valence-corrected chi connectivity index (χ4v) is 5.56. The van der Waals surface area contributed by atoms with Crippen LogP contribution >= 0.6 is 11.6 Å². The Morgan fingerprint density at radius 3 is 2.31 bits per heavy atom. The molecule has 1 aliphatic heterocycles. The van der Waals surface area contributed by atoms with Crippen LogP contribution in [0.3, 0.4) is 0 Å². The molecule has 5 rings (SSSR count). The second kappa shape index (κ2) is 9.17. The van der Waals surface area contributed by atoms with Crippen molar-refractivity contribution in [1.29, 1.82) is 0 Å². The molecule has 0 unspecified atom stereocenters. The lowest BCUT2D eigenvalue weighted by atomic mass is 10.1. The Bertz CT molecular complexity index is 1580. The molecule has 0 radical (unpaired) electrons. The molecular formula is C23H19ClN6O4S. The molecule has 0 atom stereocenters. The lowest BCUT2D eigenvalue weighted by Crippen LogP contribution is -2.51. The minimum atomic E-state index is -3.75. The van der Waals surface area contributed by atoms with Gasteiger partial charge in [-0.1, -0.05) is 23.7 Å². The summed E-state index contributed by atoms with van der Waals surface area (Å²) in [7, 11) is -3.75. The lowest BCUT2D eigenvalue weighted by molar-refractivity contribution is 0.0683. The van der Waals surface area contributed by atoms with Crippen LogP contribution in [0.25, 0.3) is 22.0 Å². The molecule has 35 heavy (non-hydrogen) atoms. The van der Waals surface area contributed by atoms with E-state index in [1.807, 2.05) is 0 Å². The van der Waals surface area contributed by atoms with E-state index in [2.05, 4.69) is 20.2 Å². The van der Waals surface area contributed by atoms with Gasteiger partial charge in [0.15, 0.2) is 5.69 Å². The summed E-state index contributed by atoms with van der Waals surface area (Å²) in [6.07, 6.45) is 3.05. The van der Waals surface area contributed by atoms with Crippen LogP contribution in [0.5, 0.6) is 0 Å². The van der Waals surface area contributed by atoms with Gasteiger partial charge in [-0.2, -0.15) is 4.31 Å². The quantitative estimate of drug-likeness (QED) is 0.445. The van der Waals surface area contributed by atoms with E-state index in [4.69, 9.17) is 11.6 Å². The van der Waals surface area contributed by atoms with Crippen molar-refractivity contribution in [3.8, 4) is 11.3 Å². The highest BCUT2D eigenvalue weighted by Gasteiger charge is 2.31. The smallest absolute Gasteiger partial charge is 0.291 e. The maximum atomic E-state index is 13.2. The van der Waals surface area contributed by atoms with E-state index >= 15 is 0 Å². The average Bonchev–Trinajstić information content (AvgIpc) is 2.88. The summed E-state index contributed by atoms with van der Waals surface area (Å²) < 4.78 is 27.7. The first kappa shape index (κ1) is 23.1. The van der Waals surface area contributed by atoms with Gasteiger partial charge >= 0.3 is 0 Å². The van der Waals surface area contributed by atoms with Crippen molar-refractivity contribution in [3.63, 3.8) is 0 Å². The predicted octanol–water partition coefficient (Wildman–Crippen LogP) is 2.18. The van der Waals surface area contributed by atoms with Gasteiger partial charge in [0, 0.05) is 49.2 Å². The molecule has 1 N–H and O–H groups in total. The first-order valence-electron chi connectivity index (χ1n) is 10.7. The molecule has 1 amide bonds. The fraction of sp³-hybridized carbons (Fsp3) is 0.174. The van der Waals surface area contributed by atoms with Crippen molar-refractivity contribution in [1.82, 2.24) is 29.4 Å². The number of fused-ring (bicyclic) bond motifs is 1. The number of pyridine rings is 1. The first-order valence-corrected chi connectivity index (χ1v) is 12.5. The number of amides is 1. The van der Waals surface area contributed by atoms with Crippen LogP contribution in [-0.4, -0.2) is 69.9 Å². The summed E-state index contributed by atoms with van der Waals surface area (Å²) in [4.78, 5) is 33.3. The zero-order valence-electron chi connectivity index (χ0n) is 18.3. The SMILES string of the molecule is O=C(c1nnc(-c2ccncc2)c(=O)[nH]1)N1CCN(S(=O)(=O)c2ccc3cc(Cl)ccc3c2)CC1. The number of rotatable bonds is 4. The normalized spacial score (nSPS) is 14.8. The highest BCUT2D eigenvalue weighted by molar-refractivity contribution is 7.89. The number of aromatic amines is 1. The highest BCUT2D eigenvalue weighted by atomic mass is 35.5. The number of sulfonamides is 1. The van der Waals surface area contributed by atoms with E-state index in [1.54, 1.807) is 48.5 Å². The van der Waals surface area contributed by atoms with E-state index in [9.17, 15) is 18.0 Å². The number of H-pyrrole nitrogens is 1. The molecule has 3 heterocycles. The van der Waals surface area contributed by atoms with E-state index in [-0.39, 0.29) is 42.6 Å². The molecule has 178 valence electrons. The largest absolute Gasteiger partial charge is 0.333 e. The average molecular weight is 511 g/mol. The molecule has 1 aliphatic rings. The van der Waals surface area contributed by atoms with Gasteiger partial charge in [0.25, 0.3) is 11.5 Å². The third-order valence-electron chi connectivity index (χ3n) is 5.79. The zero-order chi connectivity index (χ0) is 24.6. The Labute approximate surface area is 205 Å². The summed E-state index contributed by atoms with van der Waals surface area (Å²) in [5, 5.41) is 9.97. The summed E-state index contributed by atoms with van der Waals surface area (Å²) in [5.41, 5.74) is 0.0641. The Hall–Kier alpha value is -3.67. The summed E-state index contributed by atoms with van der Waals surface area (Å²) in [6.45, 7) is 0.521. The minimum Gasteiger partial charge on any atom is -0.333 e. The van der Waals surface area contributed by atoms with Crippen molar-refractivity contribution in [2.45, 2.75) is 4.90 Å². The number of halogens is 1. The molecule has 4 aromatic rings. The molecule has 1 saturated heterocycles. The molecule has 0 saturated carbocycles. The number of hydrogen-bond acceptors (Lipinski definition) is 7. The van der Waals surface area contributed by atoms with Crippen molar-refractivity contribution >= 4 is 38.3 Å². The third-order valence-corrected chi connectivity index (χ3v) is 7.92. The Balaban J connectivity index is 1.29. The Kier molecular flexibility index (Phi) is 6.05. The van der Waals surface area contributed by atoms with E-state index in [0.717, 1.165) is 10.8 Å². The number of nitrogens with zero attached hydrogens (tertiary/aromatic N) is 5. The molecular weight excluding hydrogens is 492 g/mol. The van der Waals surface area contributed by atoms with Crippen LogP contribution in [0.2, 0.25) is 5.02 Å². The number of hydrogen-bond donors (Lipinski definition) is 1. The summed E-state index contributed by atoms with van der Waals surface area (Å²) >= 11 is 6.01. The number of benzene rings is 2. The van der Waals surface area contributed by atoms with Gasteiger partial charge in [-0.15, -0.1) is 10.2 Å². The number of carbonyl (C=O) groups excluding carboxylic acids is 1. The zero-order valence-corrected chi connectivity index (χ0v) is 19.8. The molecule has 0 spiro atoms. The summed E-state index contributed by atoms with van der Waals surface area (Å²) in [5.74, 6) is -0.715. The fourth-order valence-electron chi connectivity index (χ4n) is 3.92. The second-order valence-corrected chi connectivity index (χ2v) is 10.3. The van der Waals surface area contributed by atoms with Crippen molar-refractivity contribution in [2.24, 2.45) is 0 Å². The maximum Gasteiger partial charge on any atom is 0.291 e. The van der Waals surface area contributed by atoms with Gasteiger partial charge in [-0.05, 0) is 47.2 Å². The monoisotopic (exact) mass is 510 g/mol. The number of piperazine rings is 1. The van der Waals surface area contributed by atoms with Gasteiger partial charge < -0.3 is 4.90 Å². The molecule has 0 bridgehead atoms. The topological polar surface area (TPSA) is 129 Å². The molecule has 0 aliphatic carbocycles. The van der Waals surface area contributed by atoms with E-state index < -0.39 is 21.5 Å². The van der Waals surface area contributed by atoms with Gasteiger partial charge in [0.1, 0.15) is 0 Å². The first-order chi connectivity index (χ1) is 16.8. The molecule has 1 fully saturated rings. The van der Waals surface area contributed by atoms with Gasteiger partial charge in [-0.3, -0.25) is 19.6 Å². The number of carbonyl (C=O) groups is 1. The van der Waals surface area contributed by atoms with Crippen molar-refractivity contribution < 1.29 is 13.2 Å². The van der Waals surface area contributed by atoms with Crippen LogP contribution in [-0.2, 0) is 10.0 Å². The number of aromatic nitrogens is 4. The molecule has 12 heteroatoms.